The number of hydrogen-bond donors (Lipinski definition) is 0. The van der Waals surface area contributed by atoms with Crippen molar-refractivity contribution in [1.29, 1.82) is 0 Å². The highest BCUT2D eigenvalue weighted by atomic mass is 79.9. The average molecular weight is 402 g/mol. The number of piperidine rings is 1. The number of halogens is 1. The molecule has 2 aromatic carbocycles. The SMILES string of the molecule is CC1CCCCN1C(=O)Cc1cc(Br)ccc1OCc1ccccc1. The van der Waals surface area contributed by atoms with Crippen LogP contribution < -0.4 is 4.74 Å². The molecule has 3 rings (SSSR count). The first kappa shape index (κ1) is 18.0. The van der Waals surface area contributed by atoms with Gasteiger partial charge in [-0.2, -0.15) is 0 Å². The molecule has 1 aliphatic rings. The van der Waals surface area contributed by atoms with E-state index >= 15 is 0 Å². The number of benzene rings is 2. The lowest BCUT2D eigenvalue weighted by Crippen LogP contribution is -2.42. The van der Waals surface area contributed by atoms with Crippen LogP contribution in [0.2, 0.25) is 0 Å². The second kappa shape index (κ2) is 8.52. The zero-order chi connectivity index (χ0) is 17.6. The molecule has 2 aromatic rings. The molecule has 1 fully saturated rings. The predicted molar refractivity (Wildman–Crippen MR) is 104 cm³/mol. The van der Waals surface area contributed by atoms with Gasteiger partial charge in [0.1, 0.15) is 12.4 Å². The van der Waals surface area contributed by atoms with E-state index in [1.54, 1.807) is 0 Å². The number of amides is 1. The number of hydrogen-bond acceptors (Lipinski definition) is 2. The zero-order valence-corrected chi connectivity index (χ0v) is 16.2. The Kier molecular flexibility index (Phi) is 6.14. The maximum atomic E-state index is 12.8. The fourth-order valence-corrected chi connectivity index (χ4v) is 3.70. The van der Waals surface area contributed by atoms with Crippen molar-refractivity contribution in [2.24, 2.45) is 0 Å². The van der Waals surface area contributed by atoms with Gasteiger partial charge in [-0.1, -0.05) is 46.3 Å². The minimum Gasteiger partial charge on any atom is -0.489 e. The Bertz CT molecular complexity index is 717. The number of ether oxygens (including phenoxy) is 1. The molecule has 4 heteroatoms. The summed E-state index contributed by atoms with van der Waals surface area (Å²) < 4.78 is 6.97. The topological polar surface area (TPSA) is 29.5 Å². The summed E-state index contributed by atoms with van der Waals surface area (Å²) in [7, 11) is 0. The minimum atomic E-state index is 0.190. The van der Waals surface area contributed by atoms with Gasteiger partial charge in [0.05, 0.1) is 6.42 Å². The van der Waals surface area contributed by atoms with E-state index in [9.17, 15) is 4.79 Å². The van der Waals surface area contributed by atoms with E-state index in [4.69, 9.17) is 4.74 Å². The monoisotopic (exact) mass is 401 g/mol. The van der Waals surface area contributed by atoms with Gasteiger partial charge in [0.15, 0.2) is 0 Å². The molecule has 0 spiro atoms. The van der Waals surface area contributed by atoms with Gasteiger partial charge in [-0.3, -0.25) is 4.79 Å². The molecular weight excluding hydrogens is 378 g/mol. The van der Waals surface area contributed by atoms with Crippen LogP contribution in [-0.4, -0.2) is 23.4 Å². The number of nitrogens with zero attached hydrogens (tertiary/aromatic N) is 1. The van der Waals surface area contributed by atoms with Crippen LogP contribution in [0.5, 0.6) is 5.75 Å². The summed E-state index contributed by atoms with van der Waals surface area (Å²) in [5, 5.41) is 0. The Morgan fingerprint density at radius 1 is 1.20 bits per heavy atom. The van der Waals surface area contributed by atoms with E-state index in [2.05, 4.69) is 22.9 Å². The third-order valence-electron chi connectivity index (χ3n) is 4.72. The summed E-state index contributed by atoms with van der Waals surface area (Å²) in [6.45, 7) is 3.52. The van der Waals surface area contributed by atoms with Crippen LogP contribution in [0.25, 0.3) is 0 Å². The smallest absolute Gasteiger partial charge is 0.227 e. The molecule has 132 valence electrons. The lowest BCUT2D eigenvalue weighted by atomic mass is 10.0. The highest BCUT2D eigenvalue weighted by molar-refractivity contribution is 9.10. The Balaban J connectivity index is 1.71. The van der Waals surface area contributed by atoms with E-state index in [1.807, 2.05) is 53.4 Å². The molecule has 1 aliphatic heterocycles. The van der Waals surface area contributed by atoms with Crippen LogP contribution in [0.3, 0.4) is 0 Å². The van der Waals surface area contributed by atoms with Crippen LogP contribution in [0, 0.1) is 0 Å². The van der Waals surface area contributed by atoms with Gasteiger partial charge in [-0.25, -0.2) is 0 Å². The molecule has 1 unspecified atom stereocenters. The molecule has 0 radical (unpaired) electrons. The number of carbonyl (C=O) groups is 1. The fraction of sp³-hybridized carbons (Fsp3) is 0.381. The first-order valence-corrected chi connectivity index (χ1v) is 9.67. The van der Waals surface area contributed by atoms with Gasteiger partial charge in [0.2, 0.25) is 5.91 Å². The summed E-state index contributed by atoms with van der Waals surface area (Å²) in [6.07, 6.45) is 3.80. The lowest BCUT2D eigenvalue weighted by molar-refractivity contribution is -0.133. The Labute approximate surface area is 158 Å². The van der Waals surface area contributed by atoms with Crippen LogP contribution in [0.4, 0.5) is 0 Å². The highest BCUT2D eigenvalue weighted by Gasteiger charge is 2.24. The number of rotatable bonds is 5. The van der Waals surface area contributed by atoms with Crippen molar-refractivity contribution >= 4 is 21.8 Å². The zero-order valence-electron chi connectivity index (χ0n) is 14.6. The van der Waals surface area contributed by atoms with Crippen LogP contribution in [0.1, 0.15) is 37.3 Å². The van der Waals surface area contributed by atoms with E-state index in [1.165, 1.54) is 6.42 Å². The van der Waals surface area contributed by atoms with Gasteiger partial charge in [-0.15, -0.1) is 0 Å². The largest absolute Gasteiger partial charge is 0.489 e. The van der Waals surface area contributed by atoms with Crippen molar-refractivity contribution in [2.45, 2.75) is 45.3 Å². The molecule has 0 bridgehead atoms. The van der Waals surface area contributed by atoms with Gasteiger partial charge in [0, 0.05) is 22.6 Å². The molecule has 0 saturated carbocycles. The van der Waals surface area contributed by atoms with Crippen molar-refractivity contribution in [3.8, 4) is 5.75 Å². The van der Waals surface area contributed by atoms with E-state index in [0.717, 1.165) is 40.7 Å². The third-order valence-corrected chi connectivity index (χ3v) is 5.22. The second-order valence-electron chi connectivity index (χ2n) is 6.64. The Morgan fingerprint density at radius 3 is 2.76 bits per heavy atom. The van der Waals surface area contributed by atoms with Crippen molar-refractivity contribution < 1.29 is 9.53 Å². The summed E-state index contributed by atoms with van der Waals surface area (Å²) in [4.78, 5) is 14.8. The summed E-state index contributed by atoms with van der Waals surface area (Å²) in [5.41, 5.74) is 2.06. The van der Waals surface area contributed by atoms with Crippen LogP contribution in [0.15, 0.2) is 53.0 Å². The van der Waals surface area contributed by atoms with E-state index in [-0.39, 0.29) is 5.91 Å². The molecular formula is C21H24BrNO2. The highest BCUT2D eigenvalue weighted by Crippen LogP contribution is 2.26. The average Bonchev–Trinajstić information content (AvgIpc) is 2.62. The molecule has 0 aromatic heterocycles. The Hall–Kier alpha value is -1.81. The summed E-state index contributed by atoms with van der Waals surface area (Å²) >= 11 is 3.51. The Morgan fingerprint density at radius 2 is 2.00 bits per heavy atom. The number of likely N-dealkylation sites (tertiary alicyclic amines) is 1. The molecule has 0 N–H and O–H groups in total. The quantitative estimate of drug-likeness (QED) is 0.707. The van der Waals surface area contributed by atoms with Crippen molar-refractivity contribution in [3.05, 3.63) is 64.1 Å². The normalized spacial score (nSPS) is 17.4. The van der Waals surface area contributed by atoms with Gasteiger partial charge < -0.3 is 9.64 Å². The number of carbonyl (C=O) groups excluding carboxylic acids is 1. The fourth-order valence-electron chi connectivity index (χ4n) is 3.30. The van der Waals surface area contributed by atoms with E-state index in [0.29, 0.717) is 19.1 Å². The standard InChI is InChI=1S/C21H24BrNO2/c1-16-7-5-6-12-23(16)21(24)14-18-13-19(22)10-11-20(18)25-15-17-8-3-2-4-9-17/h2-4,8-11,13,16H,5-7,12,14-15H2,1H3. The summed E-state index contributed by atoms with van der Waals surface area (Å²) in [5.74, 6) is 0.972. The predicted octanol–water partition coefficient (Wildman–Crippen LogP) is 4.97. The summed E-state index contributed by atoms with van der Waals surface area (Å²) in [6, 6.07) is 16.3. The maximum absolute atomic E-state index is 12.8. The molecule has 3 nitrogen and oxygen atoms in total. The van der Waals surface area contributed by atoms with Crippen LogP contribution in [-0.2, 0) is 17.8 Å². The van der Waals surface area contributed by atoms with Gasteiger partial charge in [0.25, 0.3) is 0 Å². The first-order chi connectivity index (χ1) is 12.1. The van der Waals surface area contributed by atoms with Crippen molar-refractivity contribution in [3.63, 3.8) is 0 Å². The molecule has 1 heterocycles. The molecule has 0 aliphatic carbocycles. The molecule has 1 amide bonds. The second-order valence-corrected chi connectivity index (χ2v) is 7.55. The molecule has 25 heavy (non-hydrogen) atoms. The van der Waals surface area contributed by atoms with Crippen LogP contribution >= 0.6 is 15.9 Å². The van der Waals surface area contributed by atoms with E-state index < -0.39 is 0 Å². The molecule has 1 atom stereocenters. The maximum Gasteiger partial charge on any atom is 0.227 e. The van der Waals surface area contributed by atoms with Gasteiger partial charge in [-0.05, 0) is 49.9 Å². The molecule has 1 saturated heterocycles. The minimum absolute atomic E-state index is 0.190. The first-order valence-electron chi connectivity index (χ1n) is 8.88. The lowest BCUT2D eigenvalue weighted by Gasteiger charge is -2.33. The van der Waals surface area contributed by atoms with Crippen molar-refractivity contribution in [2.75, 3.05) is 6.54 Å². The third kappa shape index (κ3) is 4.85. The van der Waals surface area contributed by atoms with Crippen molar-refractivity contribution in [1.82, 2.24) is 4.90 Å². The van der Waals surface area contributed by atoms with Gasteiger partial charge >= 0.3 is 0 Å².